The van der Waals surface area contributed by atoms with E-state index < -0.39 is 17.8 Å². The van der Waals surface area contributed by atoms with Gasteiger partial charge >= 0.3 is 5.97 Å². The third-order valence-corrected chi connectivity index (χ3v) is 4.51. The summed E-state index contributed by atoms with van der Waals surface area (Å²) >= 11 is 1.25. The maximum Gasteiger partial charge on any atom is 0.303 e. The Bertz CT molecular complexity index is 794. The zero-order valence-corrected chi connectivity index (χ0v) is 14.2. The molecule has 4 N–H and O–H groups in total. The molecule has 6 nitrogen and oxygen atoms in total. The molecule has 0 radical (unpaired) electrons. The fourth-order valence-corrected chi connectivity index (χ4v) is 3.44. The van der Waals surface area contributed by atoms with E-state index in [0.717, 1.165) is 16.0 Å². The van der Waals surface area contributed by atoms with Crippen LogP contribution in [0.1, 0.15) is 33.6 Å². The minimum atomic E-state index is -1.05. The molecule has 0 fully saturated rings. The van der Waals surface area contributed by atoms with Crippen LogP contribution in [-0.2, 0) is 9.59 Å². The molecule has 7 heteroatoms. The minimum absolute atomic E-state index is 0.162. The lowest BCUT2D eigenvalue weighted by Crippen LogP contribution is -2.17. The molecule has 0 saturated carbocycles. The minimum Gasteiger partial charge on any atom is -0.481 e. The van der Waals surface area contributed by atoms with Crippen molar-refractivity contribution in [2.24, 2.45) is 5.73 Å². The van der Waals surface area contributed by atoms with Crippen LogP contribution < -0.4 is 11.1 Å². The number of nitrogens with one attached hydrogen (secondary N) is 1. The largest absolute Gasteiger partial charge is 0.481 e. The van der Waals surface area contributed by atoms with E-state index in [2.05, 4.69) is 5.32 Å². The van der Waals surface area contributed by atoms with Gasteiger partial charge in [0, 0.05) is 16.9 Å². The monoisotopic (exact) mass is 346 g/mol. The lowest BCUT2D eigenvalue weighted by atomic mass is 10.00. The Morgan fingerprint density at radius 2 is 1.75 bits per heavy atom. The second kappa shape index (κ2) is 7.27. The number of carboxylic acid groups (broad SMARTS) is 1. The van der Waals surface area contributed by atoms with Gasteiger partial charge in [-0.05, 0) is 19.4 Å². The molecule has 0 aliphatic heterocycles. The molecule has 0 aliphatic rings. The Balaban J connectivity index is 2.38. The highest BCUT2D eigenvalue weighted by Crippen LogP contribution is 2.39. The maximum absolute atomic E-state index is 11.9. The number of aliphatic carboxylic acids is 1. The van der Waals surface area contributed by atoms with Crippen LogP contribution in [0, 0.1) is 13.8 Å². The Morgan fingerprint density at radius 3 is 2.29 bits per heavy atom. The molecule has 1 aromatic heterocycles. The molecule has 0 bridgehead atoms. The van der Waals surface area contributed by atoms with Gasteiger partial charge in [-0.25, -0.2) is 0 Å². The number of primary amides is 1. The Hall–Kier alpha value is -2.67. The van der Waals surface area contributed by atoms with Gasteiger partial charge in [0.05, 0.1) is 12.0 Å². The molecule has 126 valence electrons. The SMILES string of the molecule is Cc1ccc(-c2c(C)sc(NC(=O)CCC(=O)O)c2C(N)=O)cc1. The van der Waals surface area contributed by atoms with Crippen molar-refractivity contribution in [3.05, 3.63) is 40.3 Å². The van der Waals surface area contributed by atoms with Gasteiger partial charge < -0.3 is 16.2 Å². The van der Waals surface area contributed by atoms with Crippen molar-refractivity contribution in [3.63, 3.8) is 0 Å². The van der Waals surface area contributed by atoms with E-state index in [1.165, 1.54) is 11.3 Å². The molecule has 0 unspecified atom stereocenters. The summed E-state index contributed by atoms with van der Waals surface area (Å²) < 4.78 is 0. The lowest BCUT2D eigenvalue weighted by molar-refractivity contribution is -0.138. The molecule has 24 heavy (non-hydrogen) atoms. The second-order valence-corrected chi connectivity index (χ2v) is 6.63. The first-order chi connectivity index (χ1) is 11.3. The quantitative estimate of drug-likeness (QED) is 0.747. The number of hydrogen-bond acceptors (Lipinski definition) is 4. The molecule has 2 amide bonds. The smallest absolute Gasteiger partial charge is 0.303 e. The zero-order valence-electron chi connectivity index (χ0n) is 13.4. The molecular formula is C17H18N2O4S. The van der Waals surface area contributed by atoms with E-state index in [-0.39, 0.29) is 18.4 Å². The van der Waals surface area contributed by atoms with Crippen LogP contribution in [0.15, 0.2) is 24.3 Å². The number of carboxylic acids is 1. The third-order valence-electron chi connectivity index (χ3n) is 3.49. The van der Waals surface area contributed by atoms with E-state index in [1.54, 1.807) is 0 Å². The summed E-state index contributed by atoms with van der Waals surface area (Å²) in [5.41, 5.74) is 8.40. The number of rotatable bonds is 6. The molecule has 0 aliphatic carbocycles. The van der Waals surface area contributed by atoms with Crippen LogP contribution >= 0.6 is 11.3 Å². The standard InChI is InChI=1S/C17H18N2O4S/c1-9-3-5-11(6-4-9)14-10(2)24-17(15(14)16(18)23)19-12(20)7-8-13(21)22/h3-6H,7-8H2,1-2H3,(H2,18,23)(H,19,20)(H,21,22). The molecule has 2 aromatic rings. The second-order valence-electron chi connectivity index (χ2n) is 5.41. The fraction of sp³-hybridized carbons (Fsp3) is 0.235. The van der Waals surface area contributed by atoms with Gasteiger partial charge in [0.2, 0.25) is 5.91 Å². The first-order valence-corrected chi connectivity index (χ1v) is 8.13. The van der Waals surface area contributed by atoms with Crippen LogP contribution in [0.5, 0.6) is 0 Å². The predicted molar refractivity (Wildman–Crippen MR) is 93.2 cm³/mol. The summed E-state index contributed by atoms with van der Waals surface area (Å²) in [4.78, 5) is 35.2. The van der Waals surface area contributed by atoms with Gasteiger partial charge in [-0.1, -0.05) is 29.8 Å². The molecule has 0 spiro atoms. The number of carbonyl (C=O) groups is 3. The van der Waals surface area contributed by atoms with Gasteiger partial charge in [0.1, 0.15) is 5.00 Å². The van der Waals surface area contributed by atoms with Gasteiger partial charge in [-0.15, -0.1) is 11.3 Å². The highest BCUT2D eigenvalue weighted by atomic mass is 32.1. The number of benzene rings is 1. The number of aryl methyl sites for hydroxylation is 2. The Kier molecular flexibility index (Phi) is 5.35. The van der Waals surface area contributed by atoms with Gasteiger partial charge in [0.25, 0.3) is 5.91 Å². The molecule has 1 heterocycles. The van der Waals surface area contributed by atoms with Crippen molar-refractivity contribution in [2.75, 3.05) is 5.32 Å². The summed E-state index contributed by atoms with van der Waals surface area (Å²) in [6.07, 6.45) is -0.433. The summed E-state index contributed by atoms with van der Waals surface area (Å²) in [5.74, 6) is -2.15. The number of carbonyl (C=O) groups excluding carboxylic acids is 2. The number of hydrogen-bond donors (Lipinski definition) is 3. The van der Waals surface area contributed by atoms with Gasteiger partial charge in [-0.2, -0.15) is 0 Å². The summed E-state index contributed by atoms with van der Waals surface area (Å²) in [6, 6.07) is 7.66. The number of amides is 2. The number of thiophene rings is 1. The average Bonchev–Trinajstić information content (AvgIpc) is 2.82. The molecule has 0 atom stereocenters. The molecule has 1 aromatic carbocycles. The van der Waals surface area contributed by atoms with E-state index in [9.17, 15) is 14.4 Å². The molecule has 2 rings (SSSR count). The average molecular weight is 346 g/mol. The van der Waals surface area contributed by atoms with Crippen LogP contribution in [0.2, 0.25) is 0 Å². The van der Waals surface area contributed by atoms with Crippen LogP contribution in [0.4, 0.5) is 5.00 Å². The lowest BCUT2D eigenvalue weighted by Gasteiger charge is -2.07. The first kappa shape index (κ1) is 17.7. The summed E-state index contributed by atoms with van der Waals surface area (Å²) in [6.45, 7) is 3.81. The van der Waals surface area contributed by atoms with Crippen molar-refractivity contribution in [1.29, 1.82) is 0 Å². The van der Waals surface area contributed by atoms with Gasteiger partial charge in [0.15, 0.2) is 0 Å². The van der Waals surface area contributed by atoms with Crippen molar-refractivity contribution < 1.29 is 19.5 Å². The normalized spacial score (nSPS) is 10.4. The topological polar surface area (TPSA) is 109 Å². The summed E-state index contributed by atoms with van der Waals surface area (Å²) in [7, 11) is 0. The highest BCUT2D eigenvalue weighted by molar-refractivity contribution is 7.17. The number of nitrogens with two attached hydrogens (primary N) is 1. The van der Waals surface area contributed by atoms with Crippen molar-refractivity contribution in [1.82, 2.24) is 0 Å². The van der Waals surface area contributed by atoms with E-state index in [4.69, 9.17) is 10.8 Å². The predicted octanol–water partition coefficient (Wildman–Crippen LogP) is 2.93. The third kappa shape index (κ3) is 3.99. The number of anilines is 1. The van der Waals surface area contributed by atoms with Crippen LogP contribution in [0.3, 0.4) is 0 Å². The van der Waals surface area contributed by atoms with E-state index >= 15 is 0 Å². The fourth-order valence-electron chi connectivity index (χ4n) is 2.35. The van der Waals surface area contributed by atoms with E-state index in [1.807, 2.05) is 38.1 Å². The Labute approximate surface area is 143 Å². The maximum atomic E-state index is 11.9. The summed E-state index contributed by atoms with van der Waals surface area (Å²) in [5, 5.41) is 11.6. The van der Waals surface area contributed by atoms with Crippen molar-refractivity contribution in [3.8, 4) is 11.1 Å². The van der Waals surface area contributed by atoms with Crippen LogP contribution in [-0.4, -0.2) is 22.9 Å². The molecular weight excluding hydrogens is 328 g/mol. The Morgan fingerprint density at radius 1 is 1.12 bits per heavy atom. The zero-order chi connectivity index (χ0) is 17.9. The molecule has 0 saturated heterocycles. The van der Waals surface area contributed by atoms with E-state index in [0.29, 0.717) is 10.6 Å². The van der Waals surface area contributed by atoms with Gasteiger partial charge in [-0.3, -0.25) is 14.4 Å². The van der Waals surface area contributed by atoms with Crippen molar-refractivity contribution >= 4 is 34.1 Å². The van der Waals surface area contributed by atoms with Crippen molar-refractivity contribution in [2.45, 2.75) is 26.7 Å². The first-order valence-electron chi connectivity index (χ1n) is 7.31. The van der Waals surface area contributed by atoms with Crippen LogP contribution in [0.25, 0.3) is 11.1 Å². The highest BCUT2D eigenvalue weighted by Gasteiger charge is 2.22.